The Bertz CT molecular complexity index is 255. The van der Waals surface area contributed by atoms with Gasteiger partial charge in [0.15, 0.2) is 0 Å². The summed E-state index contributed by atoms with van der Waals surface area (Å²) in [6.45, 7) is 2.62. The summed E-state index contributed by atoms with van der Waals surface area (Å²) in [6.07, 6.45) is 0.509. The van der Waals surface area contributed by atoms with Crippen LogP contribution in [0, 0.1) is 0 Å². The Hall–Kier alpha value is -1.63. The van der Waals surface area contributed by atoms with Crippen molar-refractivity contribution < 1.29 is 19.5 Å². The van der Waals surface area contributed by atoms with Gasteiger partial charge in [-0.1, -0.05) is 0 Å². The summed E-state index contributed by atoms with van der Waals surface area (Å²) in [4.78, 5) is 32.1. The molecule has 0 heterocycles. The van der Waals surface area contributed by atoms with Gasteiger partial charge in [-0.15, -0.1) is 0 Å². The molecule has 0 bridgehead atoms. The zero-order valence-electron chi connectivity index (χ0n) is 9.21. The normalized spacial score (nSPS) is 9.56. The smallest absolute Gasteiger partial charge is 0.321 e. The molecule has 0 atom stereocenters. The molecular weight excluding hydrogens is 214 g/mol. The second-order valence-corrected chi connectivity index (χ2v) is 3.08. The van der Waals surface area contributed by atoms with Crippen LogP contribution in [-0.2, 0) is 9.59 Å². The van der Waals surface area contributed by atoms with E-state index >= 15 is 0 Å². The Morgan fingerprint density at radius 1 is 1.25 bits per heavy atom. The van der Waals surface area contributed by atoms with Crippen molar-refractivity contribution >= 4 is 17.9 Å². The third kappa shape index (κ3) is 8.95. The summed E-state index contributed by atoms with van der Waals surface area (Å²) in [7, 11) is 0. The first-order chi connectivity index (χ1) is 7.56. The molecule has 0 saturated carbocycles. The van der Waals surface area contributed by atoms with Crippen LogP contribution in [0.15, 0.2) is 0 Å². The number of rotatable bonds is 7. The van der Waals surface area contributed by atoms with E-state index in [0.29, 0.717) is 19.5 Å². The van der Waals surface area contributed by atoms with Crippen molar-refractivity contribution in [1.82, 2.24) is 16.0 Å². The number of carbonyl (C=O) groups is 3. The number of carboxylic acid groups (broad SMARTS) is 1. The molecule has 4 N–H and O–H groups in total. The van der Waals surface area contributed by atoms with Crippen molar-refractivity contribution in [2.24, 2.45) is 0 Å². The van der Waals surface area contributed by atoms with E-state index in [1.54, 1.807) is 6.92 Å². The maximum Gasteiger partial charge on any atom is 0.321 e. The minimum Gasteiger partial charge on any atom is -0.481 e. The zero-order chi connectivity index (χ0) is 12.4. The van der Waals surface area contributed by atoms with Gasteiger partial charge in [0, 0.05) is 13.0 Å². The average molecular weight is 231 g/mol. The van der Waals surface area contributed by atoms with Crippen LogP contribution in [0.2, 0.25) is 0 Å². The molecular formula is C9H17N3O4. The lowest BCUT2D eigenvalue weighted by atomic mass is 10.3. The van der Waals surface area contributed by atoms with Crippen LogP contribution in [0.5, 0.6) is 0 Å². The maximum absolute atomic E-state index is 11.1. The van der Waals surface area contributed by atoms with Gasteiger partial charge in [-0.25, -0.2) is 4.79 Å². The fraction of sp³-hybridized carbons (Fsp3) is 0.667. The summed E-state index contributed by atoms with van der Waals surface area (Å²) < 4.78 is 0. The van der Waals surface area contributed by atoms with Crippen LogP contribution < -0.4 is 16.0 Å². The third-order valence-electron chi connectivity index (χ3n) is 1.62. The Morgan fingerprint density at radius 2 is 1.94 bits per heavy atom. The van der Waals surface area contributed by atoms with Gasteiger partial charge in [0.25, 0.3) is 0 Å². The maximum atomic E-state index is 11.1. The van der Waals surface area contributed by atoms with E-state index in [1.807, 2.05) is 0 Å². The lowest BCUT2D eigenvalue weighted by Gasteiger charge is -2.05. The van der Waals surface area contributed by atoms with Gasteiger partial charge in [-0.3, -0.25) is 14.9 Å². The summed E-state index contributed by atoms with van der Waals surface area (Å²) in [5, 5.41) is 15.6. The molecule has 0 aromatic heterocycles. The van der Waals surface area contributed by atoms with Crippen molar-refractivity contribution in [1.29, 1.82) is 0 Å². The first-order valence-corrected chi connectivity index (χ1v) is 5.06. The summed E-state index contributed by atoms with van der Waals surface area (Å²) in [5.41, 5.74) is 0. The summed E-state index contributed by atoms with van der Waals surface area (Å²) >= 11 is 0. The molecule has 0 radical (unpaired) electrons. The first kappa shape index (κ1) is 14.4. The number of hydrogen-bond donors (Lipinski definition) is 4. The molecule has 92 valence electrons. The molecule has 0 spiro atoms. The number of nitrogens with one attached hydrogen (secondary N) is 3. The molecule has 7 heteroatoms. The van der Waals surface area contributed by atoms with Crippen molar-refractivity contribution in [3.63, 3.8) is 0 Å². The van der Waals surface area contributed by atoms with Crippen molar-refractivity contribution in [3.8, 4) is 0 Å². The van der Waals surface area contributed by atoms with Gasteiger partial charge in [-0.2, -0.15) is 0 Å². The summed E-state index contributed by atoms with van der Waals surface area (Å²) in [6, 6.07) is -0.528. The Kier molecular flexibility index (Phi) is 7.78. The van der Waals surface area contributed by atoms with Crippen LogP contribution in [0.25, 0.3) is 0 Å². The number of hydrogen-bond acceptors (Lipinski definition) is 4. The van der Waals surface area contributed by atoms with Gasteiger partial charge in [0.1, 0.15) is 0 Å². The molecule has 16 heavy (non-hydrogen) atoms. The number of imide groups is 1. The zero-order valence-corrected chi connectivity index (χ0v) is 9.21. The van der Waals surface area contributed by atoms with Crippen LogP contribution in [0.4, 0.5) is 4.79 Å². The number of carbonyl (C=O) groups excluding carboxylic acids is 2. The van der Waals surface area contributed by atoms with Crippen LogP contribution in [0.3, 0.4) is 0 Å². The second-order valence-electron chi connectivity index (χ2n) is 3.08. The van der Waals surface area contributed by atoms with E-state index in [9.17, 15) is 14.4 Å². The topological polar surface area (TPSA) is 108 Å². The van der Waals surface area contributed by atoms with Crippen molar-refractivity contribution in [2.75, 3.05) is 19.6 Å². The molecule has 0 aromatic rings. The predicted molar refractivity (Wildman–Crippen MR) is 57.0 cm³/mol. The van der Waals surface area contributed by atoms with Gasteiger partial charge in [-0.05, 0) is 19.9 Å². The number of aliphatic carboxylic acids is 1. The largest absolute Gasteiger partial charge is 0.481 e. The number of urea groups is 1. The van der Waals surface area contributed by atoms with Crippen molar-refractivity contribution in [2.45, 2.75) is 19.8 Å². The van der Waals surface area contributed by atoms with E-state index < -0.39 is 17.9 Å². The van der Waals surface area contributed by atoms with Crippen LogP contribution in [-0.4, -0.2) is 42.6 Å². The summed E-state index contributed by atoms with van der Waals surface area (Å²) in [5.74, 6) is -1.31. The highest BCUT2D eigenvalue weighted by Crippen LogP contribution is 1.85. The molecule has 0 aliphatic rings. The SMILES string of the molecule is CCNC(=O)NC(=O)CNCCCC(=O)O. The molecule has 3 amide bonds. The van der Waals surface area contributed by atoms with Gasteiger partial charge in [0.05, 0.1) is 6.54 Å². The monoisotopic (exact) mass is 231 g/mol. The Labute approximate surface area is 93.6 Å². The fourth-order valence-electron chi connectivity index (χ4n) is 0.942. The molecule has 0 saturated heterocycles. The van der Waals surface area contributed by atoms with E-state index in [1.165, 1.54) is 0 Å². The number of carboxylic acids is 1. The molecule has 0 unspecified atom stereocenters. The Morgan fingerprint density at radius 3 is 2.50 bits per heavy atom. The highest BCUT2D eigenvalue weighted by Gasteiger charge is 2.05. The standard InChI is InChI=1S/C9H17N3O4/c1-2-11-9(16)12-7(13)6-10-5-3-4-8(14)15/h10H,2-6H2,1H3,(H,14,15)(H2,11,12,13,16). The average Bonchev–Trinajstić information content (AvgIpc) is 2.16. The van der Waals surface area contributed by atoms with E-state index in [-0.39, 0.29) is 13.0 Å². The first-order valence-electron chi connectivity index (χ1n) is 5.06. The van der Waals surface area contributed by atoms with Gasteiger partial charge < -0.3 is 15.7 Å². The fourth-order valence-corrected chi connectivity index (χ4v) is 0.942. The minimum absolute atomic E-state index is 0.00322. The molecule has 7 nitrogen and oxygen atoms in total. The molecule has 0 fully saturated rings. The second kappa shape index (κ2) is 8.66. The highest BCUT2D eigenvalue weighted by atomic mass is 16.4. The third-order valence-corrected chi connectivity index (χ3v) is 1.62. The predicted octanol–water partition coefficient (Wildman–Crippen LogP) is -0.713. The number of amides is 3. The van der Waals surface area contributed by atoms with E-state index in [2.05, 4.69) is 16.0 Å². The van der Waals surface area contributed by atoms with Gasteiger partial charge >= 0.3 is 12.0 Å². The highest BCUT2D eigenvalue weighted by molar-refractivity contribution is 5.95. The Balaban J connectivity index is 3.43. The molecule has 0 rings (SSSR count). The van der Waals surface area contributed by atoms with Crippen LogP contribution in [0.1, 0.15) is 19.8 Å². The van der Waals surface area contributed by atoms with Crippen LogP contribution >= 0.6 is 0 Å². The van der Waals surface area contributed by atoms with E-state index in [4.69, 9.17) is 5.11 Å². The minimum atomic E-state index is -0.867. The lowest BCUT2D eigenvalue weighted by Crippen LogP contribution is -2.43. The molecule has 0 aliphatic carbocycles. The van der Waals surface area contributed by atoms with E-state index in [0.717, 1.165) is 0 Å². The van der Waals surface area contributed by atoms with Crippen molar-refractivity contribution in [3.05, 3.63) is 0 Å². The molecule has 0 aromatic carbocycles. The quantitative estimate of drug-likeness (QED) is 0.433. The van der Waals surface area contributed by atoms with Gasteiger partial charge in [0.2, 0.25) is 5.91 Å². The lowest BCUT2D eigenvalue weighted by molar-refractivity contribution is -0.137. The molecule has 0 aliphatic heterocycles.